The molecular weight excluding hydrogens is 267 g/mol. The van der Waals surface area contributed by atoms with Crippen LogP contribution in [0.4, 0.5) is 4.39 Å². The molecular formula is C17H17FN2O. The number of nitrogens with one attached hydrogen (secondary N) is 1. The van der Waals surface area contributed by atoms with Gasteiger partial charge in [-0.15, -0.1) is 0 Å². The number of benzene rings is 2. The van der Waals surface area contributed by atoms with Gasteiger partial charge in [0, 0.05) is 6.04 Å². The van der Waals surface area contributed by atoms with Gasteiger partial charge in [-0.05, 0) is 55.4 Å². The highest BCUT2D eigenvalue weighted by atomic mass is 19.1. The zero-order valence-electron chi connectivity index (χ0n) is 12.1. The lowest BCUT2D eigenvalue weighted by atomic mass is 10.1. The molecule has 0 saturated carbocycles. The Morgan fingerprint density at radius 1 is 1.24 bits per heavy atom. The Hall–Kier alpha value is -2.38. The minimum atomic E-state index is -0.401. The highest BCUT2D eigenvalue weighted by Crippen LogP contribution is 2.27. The summed E-state index contributed by atoms with van der Waals surface area (Å²) >= 11 is 0. The van der Waals surface area contributed by atoms with Crippen molar-refractivity contribution in [2.75, 3.05) is 6.54 Å². The van der Waals surface area contributed by atoms with Crippen molar-refractivity contribution in [3.05, 3.63) is 59.4 Å². The second-order valence-corrected chi connectivity index (χ2v) is 4.71. The van der Waals surface area contributed by atoms with Gasteiger partial charge in [0.1, 0.15) is 5.75 Å². The molecule has 0 aliphatic carbocycles. The standard InChI is InChI=1S/C17H17FN2O/c1-3-20-12(2)14-6-9-17(16(18)10-14)21-15-7-4-13(11-19)5-8-15/h4-10,12,20H,3H2,1-2H3. The van der Waals surface area contributed by atoms with Crippen molar-refractivity contribution in [1.82, 2.24) is 5.32 Å². The molecule has 0 aliphatic heterocycles. The molecule has 2 rings (SSSR count). The van der Waals surface area contributed by atoms with Gasteiger partial charge in [-0.2, -0.15) is 5.26 Å². The van der Waals surface area contributed by atoms with E-state index < -0.39 is 5.82 Å². The number of hydrogen-bond donors (Lipinski definition) is 1. The first-order valence-corrected chi connectivity index (χ1v) is 6.85. The van der Waals surface area contributed by atoms with E-state index in [1.54, 1.807) is 30.3 Å². The van der Waals surface area contributed by atoms with E-state index in [2.05, 4.69) is 5.32 Å². The van der Waals surface area contributed by atoms with Crippen LogP contribution < -0.4 is 10.1 Å². The smallest absolute Gasteiger partial charge is 0.166 e. The molecule has 108 valence electrons. The largest absolute Gasteiger partial charge is 0.454 e. The fourth-order valence-electron chi connectivity index (χ4n) is 2.02. The Labute approximate surface area is 124 Å². The van der Waals surface area contributed by atoms with Crippen molar-refractivity contribution in [3.63, 3.8) is 0 Å². The molecule has 0 saturated heterocycles. The molecule has 1 N–H and O–H groups in total. The van der Waals surface area contributed by atoms with Crippen molar-refractivity contribution in [1.29, 1.82) is 5.26 Å². The predicted octanol–water partition coefficient (Wildman–Crippen LogP) is 4.16. The monoisotopic (exact) mass is 284 g/mol. The van der Waals surface area contributed by atoms with Crippen LogP contribution in [0.25, 0.3) is 0 Å². The highest BCUT2D eigenvalue weighted by Gasteiger charge is 2.10. The summed E-state index contributed by atoms with van der Waals surface area (Å²) in [6.45, 7) is 4.82. The summed E-state index contributed by atoms with van der Waals surface area (Å²) in [7, 11) is 0. The average Bonchev–Trinajstić information content (AvgIpc) is 2.50. The highest BCUT2D eigenvalue weighted by molar-refractivity contribution is 5.38. The Balaban J connectivity index is 2.15. The average molecular weight is 284 g/mol. The van der Waals surface area contributed by atoms with Crippen LogP contribution in [-0.4, -0.2) is 6.54 Å². The van der Waals surface area contributed by atoms with Crippen LogP contribution in [-0.2, 0) is 0 Å². The number of nitriles is 1. The third kappa shape index (κ3) is 3.80. The zero-order chi connectivity index (χ0) is 15.2. The summed E-state index contributed by atoms with van der Waals surface area (Å²) in [6.07, 6.45) is 0. The predicted molar refractivity (Wildman–Crippen MR) is 79.7 cm³/mol. The van der Waals surface area contributed by atoms with Crippen molar-refractivity contribution in [3.8, 4) is 17.6 Å². The lowest BCUT2D eigenvalue weighted by molar-refractivity contribution is 0.440. The summed E-state index contributed by atoms with van der Waals surface area (Å²) in [5, 5.41) is 12.0. The summed E-state index contributed by atoms with van der Waals surface area (Å²) in [5.74, 6) is 0.272. The van der Waals surface area contributed by atoms with E-state index in [0.717, 1.165) is 12.1 Å². The number of ether oxygens (including phenoxy) is 1. The Morgan fingerprint density at radius 2 is 1.95 bits per heavy atom. The minimum Gasteiger partial charge on any atom is -0.454 e. The van der Waals surface area contributed by atoms with E-state index >= 15 is 0 Å². The number of rotatable bonds is 5. The van der Waals surface area contributed by atoms with Gasteiger partial charge in [-0.25, -0.2) is 4.39 Å². The van der Waals surface area contributed by atoms with Crippen LogP contribution >= 0.6 is 0 Å². The van der Waals surface area contributed by atoms with E-state index in [9.17, 15) is 4.39 Å². The van der Waals surface area contributed by atoms with E-state index in [4.69, 9.17) is 10.00 Å². The van der Waals surface area contributed by atoms with E-state index in [-0.39, 0.29) is 11.8 Å². The van der Waals surface area contributed by atoms with Gasteiger partial charge in [-0.3, -0.25) is 0 Å². The summed E-state index contributed by atoms with van der Waals surface area (Å²) < 4.78 is 19.6. The van der Waals surface area contributed by atoms with Crippen LogP contribution in [0.2, 0.25) is 0 Å². The molecule has 0 aromatic heterocycles. The van der Waals surface area contributed by atoms with Crippen molar-refractivity contribution < 1.29 is 9.13 Å². The van der Waals surface area contributed by atoms with E-state index in [0.29, 0.717) is 11.3 Å². The molecule has 1 unspecified atom stereocenters. The third-order valence-corrected chi connectivity index (χ3v) is 3.18. The molecule has 2 aromatic rings. The second-order valence-electron chi connectivity index (χ2n) is 4.71. The van der Waals surface area contributed by atoms with Gasteiger partial charge in [-0.1, -0.05) is 13.0 Å². The molecule has 0 fully saturated rings. The maximum atomic E-state index is 14.1. The Bertz CT molecular complexity index is 647. The lowest BCUT2D eigenvalue weighted by Crippen LogP contribution is -2.17. The molecule has 0 heterocycles. The lowest BCUT2D eigenvalue weighted by Gasteiger charge is -2.14. The second kappa shape index (κ2) is 6.87. The summed E-state index contributed by atoms with van der Waals surface area (Å²) in [6, 6.07) is 13.6. The van der Waals surface area contributed by atoms with Crippen molar-refractivity contribution >= 4 is 0 Å². The van der Waals surface area contributed by atoms with E-state index in [1.807, 2.05) is 26.0 Å². The van der Waals surface area contributed by atoms with Gasteiger partial charge in [0.05, 0.1) is 11.6 Å². The molecule has 1 atom stereocenters. The SMILES string of the molecule is CCNC(C)c1ccc(Oc2ccc(C#N)cc2)c(F)c1. The van der Waals surface area contributed by atoms with Crippen LogP contribution in [0, 0.1) is 17.1 Å². The van der Waals surface area contributed by atoms with Gasteiger partial charge >= 0.3 is 0 Å². The number of hydrogen-bond acceptors (Lipinski definition) is 3. The fraction of sp³-hybridized carbons (Fsp3) is 0.235. The summed E-state index contributed by atoms with van der Waals surface area (Å²) in [5.41, 5.74) is 1.42. The number of halogens is 1. The molecule has 4 heteroatoms. The molecule has 2 aromatic carbocycles. The van der Waals surface area contributed by atoms with Crippen LogP contribution in [0.3, 0.4) is 0 Å². The van der Waals surface area contributed by atoms with Gasteiger partial charge in [0.2, 0.25) is 0 Å². The third-order valence-electron chi connectivity index (χ3n) is 3.18. The van der Waals surface area contributed by atoms with E-state index in [1.165, 1.54) is 6.07 Å². The fourth-order valence-corrected chi connectivity index (χ4v) is 2.02. The number of nitrogens with zero attached hydrogens (tertiary/aromatic N) is 1. The van der Waals surface area contributed by atoms with Crippen LogP contribution in [0.15, 0.2) is 42.5 Å². The molecule has 0 amide bonds. The Kier molecular flexibility index (Phi) is 4.91. The molecule has 3 nitrogen and oxygen atoms in total. The maximum Gasteiger partial charge on any atom is 0.166 e. The topological polar surface area (TPSA) is 45.0 Å². The van der Waals surface area contributed by atoms with Crippen LogP contribution in [0.5, 0.6) is 11.5 Å². The van der Waals surface area contributed by atoms with Crippen molar-refractivity contribution in [2.45, 2.75) is 19.9 Å². The van der Waals surface area contributed by atoms with Gasteiger partial charge in [0.25, 0.3) is 0 Å². The first kappa shape index (κ1) is 15.0. The minimum absolute atomic E-state index is 0.0912. The molecule has 0 bridgehead atoms. The van der Waals surface area contributed by atoms with Crippen LogP contribution in [0.1, 0.15) is 31.0 Å². The molecule has 0 spiro atoms. The van der Waals surface area contributed by atoms with Gasteiger partial charge < -0.3 is 10.1 Å². The van der Waals surface area contributed by atoms with Crippen molar-refractivity contribution in [2.24, 2.45) is 0 Å². The Morgan fingerprint density at radius 3 is 2.52 bits per heavy atom. The maximum absolute atomic E-state index is 14.1. The molecule has 21 heavy (non-hydrogen) atoms. The normalized spacial score (nSPS) is 11.7. The quantitative estimate of drug-likeness (QED) is 0.896. The molecule has 0 aliphatic rings. The molecule has 0 radical (unpaired) electrons. The zero-order valence-corrected chi connectivity index (χ0v) is 12.1. The first-order chi connectivity index (χ1) is 10.1. The summed E-state index contributed by atoms with van der Waals surface area (Å²) in [4.78, 5) is 0. The van der Waals surface area contributed by atoms with Gasteiger partial charge in [0.15, 0.2) is 11.6 Å². The first-order valence-electron chi connectivity index (χ1n) is 6.85.